The highest BCUT2D eigenvalue weighted by molar-refractivity contribution is 5.95. The molecule has 0 atom stereocenters. The molecule has 1 saturated heterocycles. The molecule has 0 saturated carbocycles. The Kier molecular flexibility index (Phi) is 4.24. The smallest absolute Gasteiger partial charge is 0.254 e. The highest BCUT2D eigenvalue weighted by atomic mass is 16.3. The molecule has 1 aromatic carbocycles. The van der Waals surface area contributed by atoms with Gasteiger partial charge in [-0.2, -0.15) is 0 Å². The second kappa shape index (κ2) is 5.90. The Labute approximate surface area is 112 Å². The normalized spacial score (nSPS) is 16.6. The van der Waals surface area contributed by atoms with Gasteiger partial charge in [0.05, 0.1) is 0 Å². The lowest BCUT2D eigenvalue weighted by Gasteiger charge is -2.34. The van der Waals surface area contributed by atoms with E-state index in [0.717, 1.165) is 19.6 Å². The average Bonchev–Trinajstić information content (AvgIpc) is 2.42. The van der Waals surface area contributed by atoms with Gasteiger partial charge < -0.3 is 20.8 Å². The molecule has 0 unspecified atom stereocenters. The molecular formula is C13H19N3O3. The number of benzene rings is 1. The van der Waals surface area contributed by atoms with E-state index in [4.69, 9.17) is 5.73 Å². The Morgan fingerprint density at radius 2 is 1.84 bits per heavy atom. The van der Waals surface area contributed by atoms with E-state index in [2.05, 4.69) is 4.90 Å². The quantitative estimate of drug-likeness (QED) is 0.659. The van der Waals surface area contributed by atoms with Crippen molar-refractivity contribution in [2.24, 2.45) is 5.73 Å². The average molecular weight is 265 g/mol. The number of aromatic hydroxyl groups is 2. The van der Waals surface area contributed by atoms with Crippen molar-refractivity contribution in [3.8, 4) is 11.5 Å². The first kappa shape index (κ1) is 13.6. The molecule has 19 heavy (non-hydrogen) atoms. The molecule has 1 amide bonds. The molecule has 1 fully saturated rings. The van der Waals surface area contributed by atoms with Gasteiger partial charge in [-0.25, -0.2) is 0 Å². The molecule has 0 aliphatic carbocycles. The van der Waals surface area contributed by atoms with Crippen LogP contribution in [0.4, 0.5) is 0 Å². The van der Waals surface area contributed by atoms with Crippen molar-refractivity contribution in [2.75, 3.05) is 39.3 Å². The van der Waals surface area contributed by atoms with Crippen LogP contribution < -0.4 is 5.73 Å². The van der Waals surface area contributed by atoms with Crippen LogP contribution in [0.1, 0.15) is 10.4 Å². The third-order valence-corrected chi connectivity index (χ3v) is 3.33. The summed E-state index contributed by atoms with van der Waals surface area (Å²) in [7, 11) is 0. The number of rotatable bonds is 3. The van der Waals surface area contributed by atoms with Gasteiger partial charge in [-0.15, -0.1) is 0 Å². The highest BCUT2D eigenvalue weighted by Gasteiger charge is 2.22. The summed E-state index contributed by atoms with van der Waals surface area (Å²) < 4.78 is 0. The number of hydrogen-bond acceptors (Lipinski definition) is 5. The minimum Gasteiger partial charge on any atom is -0.504 e. The summed E-state index contributed by atoms with van der Waals surface area (Å²) in [4.78, 5) is 16.2. The third-order valence-electron chi connectivity index (χ3n) is 3.33. The van der Waals surface area contributed by atoms with Crippen molar-refractivity contribution in [1.82, 2.24) is 9.80 Å². The van der Waals surface area contributed by atoms with Crippen molar-refractivity contribution < 1.29 is 15.0 Å². The second-order valence-corrected chi connectivity index (χ2v) is 4.63. The molecule has 0 aromatic heterocycles. The number of phenolic OH excluding ortho intramolecular Hbond substituents is 2. The number of piperazine rings is 1. The number of amides is 1. The summed E-state index contributed by atoms with van der Waals surface area (Å²) in [5.74, 6) is -0.611. The van der Waals surface area contributed by atoms with Gasteiger partial charge in [0.1, 0.15) is 0 Å². The zero-order valence-corrected chi connectivity index (χ0v) is 10.7. The number of carbonyl (C=O) groups is 1. The second-order valence-electron chi connectivity index (χ2n) is 4.63. The van der Waals surface area contributed by atoms with Crippen molar-refractivity contribution in [3.63, 3.8) is 0 Å². The largest absolute Gasteiger partial charge is 0.504 e. The predicted molar refractivity (Wildman–Crippen MR) is 71.2 cm³/mol. The van der Waals surface area contributed by atoms with E-state index in [1.165, 1.54) is 18.2 Å². The van der Waals surface area contributed by atoms with Crippen molar-refractivity contribution >= 4 is 5.91 Å². The Hall–Kier alpha value is -1.79. The SMILES string of the molecule is NCCN1CCN(C(=O)c2ccc(O)c(O)c2)CC1. The van der Waals surface area contributed by atoms with Gasteiger partial charge in [0.25, 0.3) is 5.91 Å². The third kappa shape index (κ3) is 3.15. The van der Waals surface area contributed by atoms with E-state index in [9.17, 15) is 15.0 Å². The maximum atomic E-state index is 12.2. The van der Waals surface area contributed by atoms with E-state index >= 15 is 0 Å². The topological polar surface area (TPSA) is 90.0 Å². The summed E-state index contributed by atoms with van der Waals surface area (Å²) in [5, 5.41) is 18.7. The van der Waals surface area contributed by atoms with Gasteiger partial charge >= 0.3 is 0 Å². The Morgan fingerprint density at radius 3 is 2.42 bits per heavy atom. The standard InChI is InChI=1S/C13H19N3O3/c14-3-4-15-5-7-16(8-6-15)13(19)10-1-2-11(17)12(18)9-10/h1-2,9,17-18H,3-8,14H2. The number of nitrogens with zero attached hydrogens (tertiary/aromatic N) is 2. The molecule has 6 nitrogen and oxygen atoms in total. The van der Waals surface area contributed by atoms with E-state index in [1.807, 2.05) is 0 Å². The van der Waals surface area contributed by atoms with E-state index in [0.29, 0.717) is 25.2 Å². The van der Waals surface area contributed by atoms with Crippen LogP contribution in [-0.4, -0.2) is 65.2 Å². The Morgan fingerprint density at radius 1 is 1.16 bits per heavy atom. The van der Waals surface area contributed by atoms with Crippen LogP contribution in [0, 0.1) is 0 Å². The fourth-order valence-electron chi connectivity index (χ4n) is 2.20. The summed E-state index contributed by atoms with van der Waals surface area (Å²) in [6.45, 7) is 4.41. The van der Waals surface area contributed by atoms with Crippen molar-refractivity contribution in [1.29, 1.82) is 0 Å². The first-order chi connectivity index (χ1) is 9.11. The maximum Gasteiger partial charge on any atom is 0.254 e. The molecule has 2 rings (SSSR count). The lowest BCUT2D eigenvalue weighted by atomic mass is 10.1. The van der Waals surface area contributed by atoms with E-state index in [1.54, 1.807) is 4.90 Å². The van der Waals surface area contributed by atoms with Gasteiger partial charge in [0, 0.05) is 44.8 Å². The number of carbonyl (C=O) groups excluding carboxylic acids is 1. The molecule has 1 aliphatic rings. The Balaban J connectivity index is 1.99. The Bertz CT molecular complexity index is 456. The zero-order chi connectivity index (χ0) is 13.8. The van der Waals surface area contributed by atoms with Crippen molar-refractivity contribution in [3.05, 3.63) is 23.8 Å². The fourth-order valence-corrected chi connectivity index (χ4v) is 2.20. The lowest BCUT2D eigenvalue weighted by Crippen LogP contribution is -2.49. The van der Waals surface area contributed by atoms with Crippen LogP contribution in [0.15, 0.2) is 18.2 Å². The minimum atomic E-state index is -0.271. The van der Waals surface area contributed by atoms with Crippen LogP contribution in [0.2, 0.25) is 0 Å². The fraction of sp³-hybridized carbons (Fsp3) is 0.462. The van der Waals surface area contributed by atoms with Crippen LogP contribution >= 0.6 is 0 Å². The molecule has 104 valence electrons. The predicted octanol–water partition coefficient (Wildman–Crippen LogP) is -0.186. The molecule has 0 bridgehead atoms. The van der Waals surface area contributed by atoms with Gasteiger partial charge in [0.15, 0.2) is 11.5 Å². The van der Waals surface area contributed by atoms with Crippen molar-refractivity contribution in [2.45, 2.75) is 0 Å². The van der Waals surface area contributed by atoms with Gasteiger partial charge in [-0.3, -0.25) is 9.69 Å². The molecule has 0 spiro atoms. The maximum absolute atomic E-state index is 12.2. The minimum absolute atomic E-state index is 0.123. The summed E-state index contributed by atoms with van der Waals surface area (Å²) in [6.07, 6.45) is 0. The molecule has 1 aliphatic heterocycles. The molecule has 0 radical (unpaired) electrons. The molecule has 1 aromatic rings. The van der Waals surface area contributed by atoms with Crippen LogP contribution in [0.25, 0.3) is 0 Å². The van der Waals surface area contributed by atoms with Gasteiger partial charge in [-0.1, -0.05) is 0 Å². The summed E-state index contributed by atoms with van der Waals surface area (Å²) in [5.41, 5.74) is 5.89. The zero-order valence-electron chi connectivity index (χ0n) is 10.7. The van der Waals surface area contributed by atoms with Crippen LogP contribution in [0.3, 0.4) is 0 Å². The highest BCUT2D eigenvalue weighted by Crippen LogP contribution is 2.25. The van der Waals surface area contributed by atoms with Crippen LogP contribution in [0.5, 0.6) is 11.5 Å². The monoisotopic (exact) mass is 265 g/mol. The van der Waals surface area contributed by atoms with E-state index < -0.39 is 0 Å². The first-order valence-corrected chi connectivity index (χ1v) is 6.35. The first-order valence-electron chi connectivity index (χ1n) is 6.35. The van der Waals surface area contributed by atoms with Gasteiger partial charge in [-0.05, 0) is 18.2 Å². The lowest BCUT2D eigenvalue weighted by molar-refractivity contribution is 0.0640. The number of nitrogens with two attached hydrogens (primary N) is 1. The van der Waals surface area contributed by atoms with E-state index in [-0.39, 0.29) is 17.4 Å². The number of hydrogen-bond donors (Lipinski definition) is 3. The molecule has 1 heterocycles. The number of phenols is 2. The molecular weight excluding hydrogens is 246 g/mol. The van der Waals surface area contributed by atoms with Crippen LogP contribution in [-0.2, 0) is 0 Å². The summed E-state index contributed by atoms with van der Waals surface area (Å²) >= 11 is 0. The summed E-state index contributed by atoms with van der Waals surface area (Å²) in [6, 6.07) is 4.14. The van der Waals surface area contributed by atoms with Gasteiger partial charge in [0.2, 0.25) is 0 Å². The molecule has 6 heteroatoms. The molecule has 4 N–H and O–H groups in total.